The van der Waals surface area contributed by atoms with E-state index < -0.39 is 5.60 Å². The molecule has 1 aliphatic rings. The van der Waals surface area contributed by atoms with E-state index in [0.29, 0.717) is 19.3 Å². The maximum atomic E-state index is 12.8. The number of carbonyl (C=O) groups is 1. The smallest absolute Gasteiger partial charge is 0.256 e. The Morgan fingerprint density at radius 3 is 2.62 bits per heavy atom. The molecule has 1 N–H and O–H groups in total. The SMILES string of the molecule is CCCCCC(C)(OCC)C(=O)Nc1ccc(OCCN2CCCCC2C)cc1. The van der Waals surface area contributed by atoms with Gasteiger partial charge in [-0.25, -0.2) is 0 Å². The fourth-order valence-corrected chi connectivity index (χ4v) is 3.95. The van der Waals surface area contributed by atoms with Crippen LogP contribution in [-0.4, -0.2) is 48.8 Å². The van der Waals surface area contributed by atoms with Gasteiger partial charge in [-0.2, -0.15) is 0 Å². The number of hydrogen-bond donors (Lipinski definition) is 1. The van der Waals surface area contributed by atoms with Gasteiger partial charge in [-0.1, -0.05) is 32.6 Å². The maximum Gasteiger partial charge on any atom is 0.256 e. The molecule has 1 aromatic carbocycles. The lowest BCUT2D eigenvalue weighted by atomic mass is 9.96. The number of carbonyl (C=O) groups excluding carboxylic acids is 1. The molecular weight excluding hydrogens is 364 g/mol. The van der Waals surface area contributed by atoms with E-state index in [2.05, 4.69) is 24.1 Å². The number of hydrogen-bond acceptors (Lipinski definition) is 4. The van der Waals surface area contributed by atoms with E-state index in [1.54, 1.807) is 0 Å². The zero-order valence-electron chi connectivity index (χ0n) is 18.8. The highest BCUT2D eigenvalue weighted by Gasteiger charge is 2.33. The number of amides is 1. The average Bonchev–Trinajstić information content (AvgIpc) is 2.71. The number of unbranched alkanes of at least 4 members (excludes halogenated alkanes) is 2. The van der Waals surface area contributed by atoms with Crippen molar-refractivity contribution in [1.82, 2.24) is 4.90 Å². The summed E-state index contributed by atoms with van der Waals surface area (Å²) >= 11 is 0. The van der Waals surface area contributed by atoms with E-state index in [9.17, 15) is 4.79 Å². The van der Waals surface area contributed by atoms with Crippen molar-refractivity contribution >= 4 is 11.6 Å². The molecule has 2 unspecified atom stereocenters. The first-order valence-electron chi connectivity index (χ1n) is 11.4. The van der Waals surface area contributed by atoms with E-state index in [4.69, 9.17) is 9.47 Å². The Kier molecular flexibility index (Phi) is 9.95. The number of nitrogens with one attached hydrogen (secondary N) is 1. The number of likely N-dealkylation sites (tertiary alicyclic amines) is 1. The first-order valence-corrected chi connectivity index (χ1v) is 11.4. The summed E-state index contributed by atoms with van der Waals surface area (Å²) in [6, 6.07) is 8.29. The van der Waals surface area contributed by atoms with Gasteiger partial charge in [0.1, 0.15) is 18.0 Å². The predicted molar refractivity (Wildman–Crippen MR) is 120 cm³/mol. The summed E-state index contributed by atoms with van der Waals surface area (Å²) in [6.45, 7) is 11.6. The van der Waals surface area contributed by atoms with Crippen LogP contribution in [0.4, 0.5) is 5.69 Å². The Morgan fingerprint density at radius 2 is 1.97 bits per heavy atom. The van der Waals surface area contributed by atoms with Crippen LogP contribution < -0.4 is 10.1 Å². The first-order chi connectivity index (χ1) is 14.0. The van der Waals surface area contributed by atoms with E-state index in [-0.39, 0.29) is 5.91 Å². The monoisotopic (exact) mass is 404 g/mol. The molecular formula is C24H40N2O3. The predicted octanol–water partition coefficient (Wildman–Crippen LogP) is 5.25. The number of piperidine rings is 1. The van der Waals surface area contributed by atoms with E-state index >= 15 is 0 Å². The highest BCUT2D eigenvalue weighted by Crippen LogP contribution is 2.23. The summed E-state index contributed by atoms with van der Waals surface area (Å²) in [7, 11) is 0. The molecule has 5 heteroatoms. The minimum Gasteiger partial charge on any atom is -0.492 e. The molecule has 1 fully saturated rings. The van der Waals surface area contributed by atoms with Gasteiger partial charge in [0.25, 0.3) is 5.91 Å². The van der Waals surface area contributed by atoms with Crippen LogP contribution in [0.5, 0.6) is 5.75 Å². The van der Waals surface area contributed by atoms with Crippen LogP contribution >= 0.6 is 0 Å². The average molecular weight is 405 g/mol. The zero-order valence-corrected chi connectivity index (χ0v) is 18.8. The number of ether oxygens (including phenoxy) is 2. The van der Waals surface area contributed by atoms with Crippen molar-refractivity contribution < 1.29 is 14.3 Å². The van der Waals surface area contributed by atoms with E-state index in [1.807, 2.05) is 38.1 Å². The van der Waals surface area contributed by atoms with Crippen molar-refractivity contribution in [2.75, 3.05) is 31.6 Å². The Hall–Kier alpha value is -1.59. The molecule has 0 radical (unpaired) electrons. The van der Waals surface area contributed by atoms with Crippen molar-refractivity contribution in [3.05, 3.63) is 24.3 Å². The second kappa shape index (κ2) is 12.2. The van der Waals surface area contributed by atoms with Gasteiger partial charge in [-0.15, -0.1) is 0 Å². The summed E-state index contributed by atoms with van der Waals surface area (Å²) in [5, 5.41) is 3.01. The number of nitrogens with zero attached hydrogens (tertiary/aromatic N) is 1. The van der Waals surface area contributed by atoms with Gasteiger partial charge in [0.2, 0.25) is 0 Å². The van der Waals surface area contributed by atoms with Crippen molar-refractivity contribution in [1.29, 1.82) is 0 Å². The van der Waals surface area contributed by atoms with Crippen molar-refractivity contribution in [2.45, 2.75) is 84.3 Å². The van der Waals surface area contributed by atoms with Gasteiger partial charge in [-0.05, 0) is 70.8 Å². The van der Waals surface area contributed by atoms with Crippen LogP contribution in [0, 0.1) is 0 Å². The van der Waals surface area contributed by atoms with Gasteiger partial charge in [0.05, 0.1) is 0 Å². The minimum absolute atomic E-state index is 0.0804. The molecule has 1 saturated heterocycles. The quantitative estimate of drug-likeness (QED) is 0.483. The standard InChI is InChI=1S/C24H40N2O3/c1-5-7-9-16-24(4,29-6-2)23(27)25-21-12-14-22(15-13-21)28-19-18-26-17-10-8-11-20(26)3/h12-15,20H,5-11,16-19H2,1-4H3,(H,25,27). The Labute approximate surface area is 177 Å². The molecule has 0 saturated carbocycles. The van der Waals surface area contributed by atoms with Crippen LogP contribution in [0.1, 0.15) is 72.6 Å². The van der Waals surface area contributed by atoms with Gasteiger partial charge < -0.3 is 14.8 Å². The van der Waals surface area contributed by atoms with E-state index in [1.165, 1.54) is 25.8 Å². The summed E-state index contributed by atoms with van der Waals surface area (Å²) in [4.78, 5) is 15.3. The van der Waals surface area contributed by atoms with Crippen LogP contribution in [0.15, 0.2) is 24.3 Å². The van der Waals surface area contributed by atoms with Crippen LogP contribution in [0.2, 0.25) is 0 Å². The topological polar surface area (TPSA) is 50.8 Å². The Balaban J connectivity index is 1.82. The largest absolute Gasteiger partial charge is 0.492 e. The molecule has 2 rings (SSSR count). The Morgan fingerprint density at radius 1 is 1.21 bits per heavy atom. The molecule has 1 amide bonds. The molecule has 0 bridgehead atoms. The number of rotatable bonds is 12. The third-order valence-corrected chi connectivity index (χ3v) is 5.90. The lowest BCUT2D eigenvalue weighted by Gasteiger charge is -2.33. The van der Waals surface area contributed by atoms with Crippen LogP contribution in [0.3, 0.4) is 0 Å². The Bertz CT molecular complexity index is 605. The first kappa shape index (κ1) is 23.7. The summed E-state index contributed by atoms with van der Waals surface area (Å²) in [5.74, 6) is 0.756. The van der Waals surface area contributed by atoms with E-state index in [0.717, 1.165) is 43.7 Å². The van der Waals surface area contributed by atoms with Crippen LogP contribution in [0.25, 0.3) is 0 Å². The summed E-state index contributed by atoms with van der Waals surface area (Å²) in [5.41, 5.74) is -0.0158. The van der Waals surface area contributed by atoms with Crippen molar-refractivity contribution in [3.63, 3.8) is 0 Å². The second-order valence-electron chi connectivity index (χ2n) is 8.33. The lowest BCUT2D eigenvalue weighted by molar-refractivity contribution is -0.139. The third kappa shape index (κ3) is 7.63. The molecule has 1 heterocycles. The van der Waals surface area contributed by atoms with Crippen LogP contribution in [-0.2, 0) is 9.53 Å². The molecule has 1 aromatic rings. The molecule has 164 valence electrons. The molecule has 1 aliphatic heterocycles. The summed E-state index contributed by atoms with van der Waals surface area (Å²) < 4.78 is 11.7. The van der Waals surface area contributed by atoms with Gasteiger partial charge in [0, 0.05) is 24.9 Å². The van der Waals surface area contributed by atoms with Crippen molar-refractivity contribution in [3.8, 4) is 5.75 Å². The second-order valence-corrected chi connectivity index (χ2v) is 8.33. The minimum atomic E-state index is -0.787. The number of anilines is 1. The molecule has 0 aliphatic carbocycles. The zero-order chi connectivity index (χ0) is 21.1. The van der Waals surface area contributed by atoms with Gasteiger partial charge in [0.15, 0.2) is 0 Å². The normalized spacial score (nSPS) is 19.5. The molecule has 0 spiro atoms. The number of benzene rings is 1. The molecule has 29 heavy (non-hydrogen) atoms. The van der Waals surface area contributed by atoms with Gasteiger partial charge in [-0.3, -0.25) is 9.69 Å². The molecule has 0 aromatic heterocycles. The van der Waals surface area contributed by atoms with Gasteiger partial charge >= 0.3 is 0 Å². The third-order valence-electron chi connectivity index (χ3n) is 5.90. The van der Waals surface area contributed by atoms with Crippen molar-refractivity contribution in [2.24, 2.45) is 0 Å². The fraction of sp³-hybridized carbons (Fsp3) is 0.708. The fourth-order valence-electron chi connectivity index (χ4n) is 3.95. The lowest BCUT2D eigenvalue weighted by Crippen LogP contribution is -2.42. The maximum absolute atomic E-state index is 12.8. The summed E-state index contributed by atoms with van der Waals surface area (Å²) in [6.07, 6.45) is 7.87. The molecule has 2 atom stereocenters. The highest BCUT2D eigenvalue weighted by molar-refractivity contribution is 5.97. The highest BCUT2D eigenvalue weighted by atomic mass is 16.5. The molecule has 5 nitrogen and oxygen atoms in total.